The number of hydrogen-bond acceptors (Lipinski definition) is 4. The molecule has 0 aromatic heterocycles. The van der Waals surface area contributed by atoms with Gasteiger partial charge < -0.3 is 20.1 Å². The van der Waals surface area contributed by atoms with Gasteiger partial charge in [0.15, 0.2) is 0 Å². The lowest BCUT2D eigenvalue weighted by molar-refractivity contribution is 0.0597. The fourth-order valence-electron chi connectivity index (χ4n) is 2.07. The van der Waals surface area contributed by atoms with E-state index in [1.54, 1.807) is 12.1 Å². The molecule has 2 rings (SSSR count). The molecule has 6 nitrogen and oxygen atoms in total. The zero-order valence-electron chi connectivity index (χ0n) is 13.6. The van der Waals surface area contributed by atoms with Gasteiger partial charge in [0, 0.05) is 12.6 Å². The Kier molecular flexibility index (Phi) is 5.89. The first kappa shape index (κ1) is 18.2. The van der Waals surface area contributed by atoms with Gasteiger partial charge in [-0.25, -0.2) is 18.4 Å². The molecule has 0 saturated heterocycles. The van der Waals surface area contributed by atoms with Crippen molar-refractivity contribution in [3.63, 3.8) is 0 Å². The van der Waals surface area contributed by atoms with E-state index in [9.17, 15) is 18.4 Å². The van der Waals surface area contributed by atoms with E-state index in [2.05, 4.69) is 15.4 Å². The molecular formula is C17H16F2N2O4. The van der Waals surface area contributed by atoms with E-state index in [1.807, 2.05) is 0 Å². The molecule has 0 heterocycles. The summed E-state index contributed by atoms with van der Waals surface area (Å²) in [6.07, 6.45) is 0. The minimum atomic E-state index is -0.882. The molecule has 0 aliphatic rings. The number of carbonyl (C=O) groups excluding carboxylic acids is 2. The molecule has 0 aliphatic heterocycles. The van der Waals surface area contributed by atoms with Gasteiger partial charge >= 0.3 is 12.0 Å². The lowest BCUT2D eigenvalue weighted by atomic mass is 10.1. The minimum Gasteiger partial charge on any atom is -0.496 e. The maximum absolute atomic E-state index is 13.5. The number of esters is 1. The Morgan fingerprint density at radius 2 is 1.84 bits per heavy atom. The average Bonchev–Trinajstić information content (AvgIpc) is 2.61. The molecule has 0 atom stereocenters. The van der Waals surface area contributed by atoms with Crippen LogP contribution in [0.25, 0.3) is 0 Å². The van der Waals surface area contributed by atoms with Crippen LogP contribution in [0.3, 0.4) is 0 Å². The van der Waals surface area contributed by atoms with Gasteiger partial charge in [-0.05, 0) is 29.8 Å². The Morgan fingerprint density at radius 3 is 2.48 bits per heavy atom. The molecule has 2 aromatic rings. The number of carbonyl (C=O) groups is 2. The zero-order valence-corrected chi connectivity index (χ0v) is 13.6. The lowest BCUT2D eigenvalue weighted by Gasteiger charge is -2.11. The van der Waals surface area contributed by atoms with Crippen molar-refractivity contribution in [1.29, 1.82) is 0 Å². The van der Waals surface area contributed by atoms with Crippen LogP contribution >= 0.6 is 0 Å². The number of amides is 2. The van der Waals surface area contributed by atoms with Crippen LogP contribution in [0.5, 0.6) is 5.75 Å². The van der Waals surface area contributed by atoms with Crippen molar-refractivity contribution in [2.45, 2.75) is 6.54 Å². The summed E-state index contributed by atoms with van der Waals surface area (Å²) in [6.45, 7) is 0.0721. The van der Waals surface area contributed by atoms with Crippen molar-refractivity contribution in [1.82, 2.24) is 5.32 Å². The quantitative estimate of drug-likeness (QED) is 0.813. The third-order valence-corrected chi connectivity index (χ3v) is 3.30. The highest BCUT2D eigenvalue weighted by atomic mass is 19.1. The number of urea groups is 1. The Balaban J connectivity index is 2.03. The Hall–Kier alpha value is -3.16. The van der Waals surface area contributed by atoms with Gasteiger partial charge in [0.05, 0.1) is 19.9 Å². The van der Waals surface area contributed by atoms with Gasteiger partial charge in [0.2, 0.25) is 0 Å². The number of methoxy groups -OCH3 is 2. The second kappa shape index (κ2) is 8.09. The summed E-state index contributed by atoms with van der Waals surface area (Å²) < 4.78 is 36.1. The molecule has 2 aromatic carbocycles. The summed E-state index contributed by atoms with van der Waals surface area (Å²) in [5.41, 5.74) is 0.675. The van der Waals surface area contributed by atoms with Gasteiger partial charge in [-0.15, -0.1) is 0 Å². The van der Waals surface area contributed by atoms with E-state index < -0.39 is 23.6 Å². The van der Waals surface area contributed by atoms with Crippen molar-refractivity contribution in [3.05, 3.63) is 59.2 Å². The van der Waals surface area contributed by atoms with Gasteiger partial charge in [-0.2, -0.15) is 0 Å². The van der Waals surface area contributed by atoms with Crippen LogP contribution in [-0.2, 0) is 11.3 Å². The topological polar surface area (TPSA) is 76.7 Å². The number of benzene rings is 2. The maximum atomic E-state index is 13.5. The van der Waals surface area contributed by atoms with Gasteiger partial charge in [-0.1, -0.05) is 6.07 Å². The fourth-order valence-corrected chi connectivity index (χ4v) is 2.07. The molecule has 25 heavy (non-hydrogen) atoms. The zero-order chi connectivity index (χ0) is 18.4. The molecule has 0 unspecified atom stereocenters. The van der Waals surface area contributed by atoms with Gasteiger partial charge in [0.25, 0.3) is 0 Å². The van der Waals surface area contributed by atoms with Gasteiger partial charge in [-0.3, -0.25) is 0 Å². The van der Waals surface area contributed by atoms with Gasteiger partial charge in [0.1, 0.15) is 22.9 Å². The molecule has 0 radical (unpaired) electrons. The summed E-state index contributed by atoms with van der Waals surface area (Å²) in [5.74, 6) is -1.85. The van der Waals surface area contributed by atoms with Crippen molar-refractivity contribution in [2.24, 2.45) is 0 Å². The molecule has 2 amide bonds. The first-order chi connectivity index (χ1) is 11.9. The number of halogens is 2. The summed E-state index contributed by atoms with van der Waals surface area (Å²) in [5, 5.41) is 4.78. The van der Waals surface area contributed by atoms with Crippen LogP contribution < -0.4 is 15.4 Å². The Labute approximate surface area is 142 Å². The Bertz CT molecular complexity index is 796. The lowest BCUT2D eigenvalue weighted by Crippen LogP contribution is -2.28. The van der Waals surface area contributed by atoms with Crippen LogP contribution in [-0.4, -0.2) is 26.2 Å². The predicted octanol–water partition coefficient (Wildman–Crippen LogP) is 3.08. The highest BCUT2D eigenvalue weighted by Crippen LogP contribution is 2.21. The normalized spacial score (nSPS) is 10.1. The van der Waals surface area contributed by atoms with E-state index in [0.717, 1.165) is 12.1 Å². The summed E-state index contributed by atoms with van der Waals surface area (Å²) in [7, 11) is 2.67. The average molecular weight is 350 g/mol. The number of ether oxygens (including phenoxy) is 2. The molecule has 0 bridgehead atoms. The van der Waals surface area contributed by atoms with E-state index in [0.29, 0.717) is 17.4 Å². The smallest absolute Gasteiger partial charge is 0.341 e. The second-order valence-corrected chi connectivity index (χ2v) is 4.96. The molecule has 0 fully saturated rings. The van der Waals surface area contributed by atoms with Crippen molar-refractivity contribution in [2.75, 3.05) is 19.5 Å². The number of nitrogens with one attached hydrogen (secondary N) is 2. The molecule has 0 aliphatic carbocycles. The van der Waals surface area contributed by atoms with E-state index in [1.165, 1.54) is 20.3 Å². The van der Waals surface area contributed by atoms with Crippen LogP contribution in [0.1, 0.15) is 15.9 Å². The van der Waals surface area contributed by atoms with Crippen LogP contribution in [0.2, 0.25) is 0 Å². The number of rotatable bonds is 5. The van der Waals surface area contributed by atoms with Crippen LogP contribution in [0, 0.1) is 11.6 Å². The number of anilines is 1. The third-order valence-electron chi connectivity index (χ3n) is 3.30. The van der Waals surface area contributed by atoms with Crippen molar-refractivity contribution >= 4 is 17.7 Å². The van der Waals surface area contributed by atoms with Crippen LogP contribution in [0.15, 0.2) is 36.4 Å². The first-order valence-corrected chi connectivity index (χ1v) is 7.19. The van der Waals surface area contributed by atoms with Crippen LogP contribution in [0.4, 0.5) is 19.3 Å². The van der Waals surface area contributed by atoms with E-state index in [4.69, 9.17) is 4.74 Å². The van der Waals surface area contributed by atoms with Crippen molar-refractivity contribution < 1.29 is 27.8 Å². The van der Waals surface area contributed by atoms with Crippen molar-refractivity contribution in [3.8, 4) is 5.75 Å². The molecule has 2 N–H and O–H groups in total. The molecule has 132 valence electrons. The predicted molar refractivity (Wildman–Crippen MR) is 86.5 cm³/mol. The maximum Gasteiger partial charge on any atom is 0.341 e. The molecule has 0 spiro atoms. The Morgan fingerprint density at radius 1 is 1.08 bits per heavy atom. The SMILES string of the molecule is COC(=O)c1cc(CNC(=O)Nc2ccc(F)cc2F)ccc1OC. The molecule has 0 saturated carbocycles. The second-order valence-electron chi connectivity index (χ2n) is 4.96. The molecular weight excluding hydrogens is 334 g/mol. The standard InChI is InChI=1S/C17H16F2N2O4/c1-24-15-6-3-10(7-12(15)16(22)25-2)9-20-17(23)21-14-5-4-11(18)8-13(14)19/h3-8H,9H2,1-2H3,(H2,20,21,23). The summed E-state index contributed by atoms with van der Waals surface area (Å²) >= 11 is 0. The van der Waals surface area contributed by atoms with E-state index in [-0.39, 0.29) is 17.8 Å². The fraction of sp³-hybridized carbons (Fsp3) is 0.176. The number of hydrogen-bond donors (Lipinski definition) is 2. The van der Waals surface area contributed by atoms with E-state index >= 15 is 0 Å². The summed E-state index contributed by atoms with van der Waals surface area (Å²) in [6, 6.07) is 6.88. The third kappa shape index (κ3) is 4.66. The molecule has 8 heteroatoms. The summed E-state index contributed by atoms with van der Waals surface area (Å²) in [4.78, 5) is 23.5. The monoisotopic (exact) mass is 350 g/mol. The minimum absolute atomic E-state index is 0.0721. The largest absolute Gasteiger partial charge is 0.496 e. The highest BCUT2D eigenvalue weighted by molar-refractivity contribution is 5.93. The first-order valence-electron chi connectivity index (χ1n) is 7.19. The highest BCUT2D eigenvalue weighted by Gasteiger charge is 2.14.